The Morgan fingerprint density at radius 3 is 2.73 bits per heavy atom. The number of carbonyl (C=O) groups excluding carboxylic acids is 1. The number of aryl methyl sites for hydroxylation is 1. The molecule has 2 heterocycles. The van der Waals surface area contributed by atoms with E-state index in [-0.39, 0.29) is 23.3 Å². The molecule has 0 unspecified atom stereocenters. The van der Waals surface area contributed by atoms with Crippen molar-refractivity contribution in [3.8, 4) is 11.1 Å². The number of pyridine rings is 1. The lowest BCUT2D eigenvalue weighted by Gasteiger charge is -2.33. The quantitative estimate of drug-likeness (QED) is 0.574. The maximum Gasteiger partial charge on any atom is 0.250 e. The van der Waals surface area contributed by atoms with Crippen molar-refractivity contribution in [2.75, 3.05) is 19.6 Å². The molecule has 1 amide bonds. The summed E-state index contributed by atoms with van der Waals surface area (Å²) in [7, 11) is 1.77. The van der Waals surface area contributed by atoms with Crippen LogP contribution in [0.4, 0.5) is 0 Å². The summed E-state index contributed by atoms with van der Waals surface area (Å²) in [5.41, 5.74) is 5.56. The number of nitrogens with zero attached hydrogens (tertiary/aromatic N) is 1. The lowest BCUT2D eigenvalue weighted by atomic mass is 9.77. The van der Waals surface area contributed by atoms with E-state index >= 15 is 0 Å². The maximum atomic E-state index is 12.2. The maximum absolute atomic E-state index is 12.2. The van der Waals surface area contributed by atoms with E-state index in [0.717, 1.165) is 53.2 Å². The van der Waals surface area contributed by atoms with Gasteiger partial charge in [-0.15, -0.1) is 0 Å². The summed E-state index contributed by atoms with van der Waals surface area (Å²) in [5, 5.41) is 7.11. The van der Waals surface area contributed by atoms with Crippen molar-refractivity contribution in [3.63, 3.8) is 0 Å². The van der Waals surface area contributed by atoms with Gasteiger partial charge in [-0.25, -0.2) is 0 Å². The van der Waals surface area contributed by atoms with Crippen LogP contribution in [-0.2, 0) is 18.3 Å². The van der Waals surface area contributed by atoms with E-state index in [1.165, 1.54) is 12.5 Å². The second-order valence-corrected chi connectivity index (χ2v) is 9.15. The second-order valence-electron chi connectivity index (χ2n) is 8.74. The lowest BCUT2D eigenvalue weighted by Crippen LogP contribution is -2.34. The highest BCUT2D eigenvalue weighted by molar-refractivity contribution is 6.31. The number of amides is 1. The van der Waals surface area contributed by atoms with Crippen LogP contribution in [0.25, 0.3) is 11.1 Å². The summed E-state index contributed by atoms with van der Waals surface area (Å²) in [4.78, 5) is 23.5. The molecule has 1 aliphatic heterocycles. The van der Waals surface area contributed by atoms with Gasteiger partial charge in [0.05, 0.1) is 0 Å². The number of rotatable bonds is 6. The molecule has 172 valence electrons. The minimum absolute atomic E-state index is 0.0158. The first-order valence-corrected chi connectivity index (χ1v) is 11.8. The highest BCUT2D eigenvalue weighted by atomic mass is 35.5. The van der Waals surface area contributed by atoms with E-state index in [1.807, 2.05) is 24.4 Å². The van der Waals surface area contributed by atoms with Gasteiger partial charge in [-0.05, 0) is 65.3 Å². The average Bonchev–Trinajstić information content (AvgIpc) is 2.81. The third kappa shape index (κ3) is 5.37. The van der Waals surface area contributed by atoms with Crippen molar-refractivity contribution in [2.45, 2.75) is 31.6 Å². The topological polar surface area (TPSA) is 63.1 Å². The van der Waals surface area contributed by atoms with E-state index < -0.39 is 0 Å². The molecule has 1 aromatic heterocycles. The van der Waals surface area contributed by atoms with Crippen LogP contribution in [0.15, 0.2) is 65.6 Å². The Balaban J connectivity index is 1.63. The number of benzene rings is 2. The molecule has 3 aromatic rings. The molecule has 0 bridgehead atoms. The number of halogens is 1. The standard InChI is InChI=1S/C27H30ClN3O2/c1-18(32)30-13-9-19-5-3-4-6-22(19)20-7-8-24(26(28)15-20)25-17-29-12-10-23(25)21-11-14-31(2)27(33)16-21/h3-8,11,14-16,23,25,29H,9-10,12-13,17H2,1-2H3,(H,30,32)/t23-,25+/m0/s1. The lowest BCUT2D eigenvalue weighted by molar-refractivity contribution is -0.118. The summed E-state index contributed by atoms with van der Waals surface area (Å²) in [6.07, 6.45) is 3.56. The summed E-state index contributed by atoms with van der Waals surface area (Å²) in [6.45, 7) is 3.88. The Kier molecular flexibility index (Phi) is 7.31. The molecule has 0 spiro atoms. The molecular weight excluding hydrogens is 434 g/mol. The van der Waals surface area contributed by atoms with Crippen LogP contribution in [-0.4, -0.2) is 30.1 Å². The molecule has 1 fully saturated rings. The largest absolute Gasteiger partial charge is 0.356 e. The van der Waals surface area contributed by atoms with E-state index in [1.54, 1.807) is 17.7 Å². The molecule has 33 heavy (non-hydrogen) atoms. The summed E-state index contributed by atoms with van der Waals surface area (Å²) in [6, 6.07) is 18.4. The van der Waals surface area contributed by atoms with E-state index in [4.69, 9.17) is 11.6 Å². The van der Waals surface area contributed by atoms with Crippen molar-refractivity contribution < 1.29 is 4.79 Å². The van der Waals surface area contributed by atoms with Crippen LogP contribution in [0, 0.1) is 0 Å². The zero-order chi connectivity index (χ0) is 23.4. The number of hydrogen-bond acceptors (Lipinski definition) is 3. The monoisotopic (exact) mass is 463 g/mol. The van der Waals surface area contributed by atoms with Crippen molar-refractivity contribution in [3.05, 3.63) is 92.9 Å². The number of nitrogens with one attached hydrogen (secondary N) is 2. The van der Waals surface area contributed by atoms with Gasteiger partial charge in [0, 0.05) is 50.3 Å². The molecule has 2 N–H and O–H groups in total. The van der Waals surface area contributed by atoms with Crippen LogP contribution >= 0.6 is 11.6 Å². The average molecular weight is 464 g/mol. The number of piperidine rings is 1. The van der Waals surface area contributed by atoms with Crippen LogP contribution in [0.2, 0.25) is 5.02 Å². The van der Waals surface area contributed by atoms with Crippen molar-refractivity contribution in [1.82, 2.24) is 15.2 Å². The normalized spacial score (nSPS) is 18.2. The van der Waals surface area contributed by atoms with Gasteiger partial charge in [-0.3, -0.25) is 9.59 Å². The Morgan fingerprint density at radius 1 is 1.15 bits per heavy atom. The van der Waals surface area contributed by atoms with Crippen molar-refractivity contribution in [1.29, 1.82) is 0 Å². The van der Waals surface area contributed by atoms with Gasteiger partial charge in [-0.1, -0.05) is 48.0 Å². The Labute approximate surface area is 199 Å². The molecule has 0 saturated carbocycles. The molecule has 5 nitrogen and oxygen atoms in total. The van der Waals surface area contributed by atoms with E-state index in [2.05, 4.69) is 41.0 Å². The number of hydrogen-bond donors (Lipinski definition) is 2. The third-order valence-electron chi connectivity index (χ3n) is 6.54. The minimum atomic E-state index is -0.0215. The van der Waals surface area contributed by atoms with Crippen LogP contribution in [0.5, 0.6) is 0 Å². The number of aromatic nitrogens is 1. The minimum Gasteiger partial charge on any atom is -0.356 e. The fourth-order valence-electron chi connectivity index (χ4n) is 4.77. The molecule has 6 heteroatoms. The summed E-state index contributed by atoms with van der Waals surface area (Å²) in [5.74, 6) is 0.419. The smallest absolute Gasteiger partial charge is 0.250 e. The second kappa shape index (κ2) is 10.4. The first kappa shape index (κ1) is 23.3. The molecule has 2 aromatic carbocycles. The molecule has 2 atom stereocenters. The zero-order valence-corrected chi connectivity index (χ0v) is 19.9. The molecule has 1 saturated heterocycles. The molecule has 0 radical (unpaired) electrons. The zero-order valence-electron chi connectivity index (χ0n) is 19.1. The Morgan fingerprint density at radius 2 is 1.97 bits per heavy atom. The van der Waals surface area contributed by atoms with Gasteiger partial charge in [0.2, 0.25) is 5.91 Å². The number of carbonyl (C=O) groups is 1. The van der Waals surface area contributed by atoms with Crippen LogP contribution in [0.1, 0.15) is 41.9 Å². The molecular formula is C27H30ClN3O2. The highest BCUT2D eigenvalue weighted by Crippen LogP contribution is 2.41. The van der Waals surface area contributed by atoms with Gasteiger partial charge >= 0.3 is 0 Å². The predicted molar refractivity (Wildman–Crippen MR) is 134 cm³/mol. The summed E-state index contributed by atoms with van der Waals surface area (Å²) < 4.78 is 1.60. The first-order valence-electron chi connectivity index (χ1n) is 11.4. The molecule has 4 rings (SSSR count). The first-order chi connectivity index (χ1) is 15.9. The van der Waals surface area contributed by atoms with E-state index in [0.29, 0.717) is 6.54 Å². The fraction of sp³-hybridized carbons (Fsp3) is 0.333. The van der Waals surface area contributed by atoms with Gasteiger partial charge in [0.15, 0.2) is 0 Å². The fourth-order valence-corrected chi connectivity index (χ4v) is 5.09. The van der Waals surface area contributed by atoms with Crippen LogP contribution in [0.3, 0.4) is 0 Å². The van der Waals surface area contributed by atoms with Crippen molar-refractivity contribution >= 4 is 17.5 Å². The van der Waals surface area contributed by atoms with Gasteiger partial charge in [0.25, 0.3) is 5.56 Å². The summed E-state index contributed by atoms with van der Waals surface area (Å²) >= 11 is 6.87. The predicted octanol–water partition coefficient (Wildman–Crippen LogP) is 4.25. The highest BCUT2D eigenvalue weighted by Gasteiger charge is 2.29. The SMILES string of the molecule is CC(=O)NCCc1ccccc1-c1ccc([C@@H]2CNCC[C@H]2c2ccn(C)c(=O)c2)c(Cl)c1. The van der Waals surface area contributed by atoms with E-state index in [9.17, 15) is 9.59 Å². The van der Waals surface area contributed by atoms with Crippen molar-refractivity contribution in [2.24, 2.45) is 7.05 Å². The van der Waals surface area contributed by atoms with Gasteiger partial charge in [0.1, 0.15) is 0 Å². The van der Waals surface area contributed by atoms with Gasteiger partial charge in [-0.2, -0.15) is 0 Å². The third-order valence-corrected chi connectivity index (χ3v) is 6.86. The Hall–Kier alpha value is -2.89. The van der Waals surface area contributed by atoms with Gasteiger partial charge < -0.3 is 15.2 Å². The van der Waals surface area contributed by atoms with Crippen LogP contribution < -0.4 is 16.2 Å². The Bertz CT molecular complexity index is 1200. The molecule has 0 aliphatic carbocycles. The molecule has 1 aliphatic rings.